The summed E-state index contributed by atoms with van der Waals surface area (Å²) < 4.78 is 37.5. The van der Waals surface area contributed by atoms with Gasteiger partial charge in [-0.2, -0.15) is 0 Å². The molecule has 0 bridgehead atoms. The summed E-state index contributed by atoms with van der Waals surface area (Å²) in [5, 5.41) is 9.00. The number of nitrogens with zero attached hydrogens (tertiary/aromatic N) is 1. The van der Waals surface area contributed by atoms with Gasteiger partial charge >= 0.3 is 5.97 Å². The van der Waals surface area contributed by atoms with E-state index in [1.165, 1.54) is 32.4 Å². The number of hydrogen-bond donors (Lipinski definition) is 1. The second kappa shape index (κ2) is 7.89. The van der Waals surface area contributed by atoms with Gasteiger partial charge in [0, 0.05) is 12.6 Å². The van der Waals surface area contributed by atoms with E-state index in [4.69, 9.17) is 14.6 Å². The fourth-order valence-corrected chi connectivity index (χ4v) is 3.77. The predicted molar refractivity (Wildman–Crippen MR) is 92.8 cm³/mol. The van der Waals surface area contributed by atoms with E-state index in [0.29, 0.717) is 11.5 Å². The molecule has 0 radical (unpaired) electrons. The van der Waals surface area contributed by atoms with E-state index in [0.717, 1.165) is 4.31 Å². The lowest BCUT2D eigenvalue weighted by Gasteiger charge is -2.26. The van der Waals surface area contributed by atoms with Crippen LogP contribution in [0.5, 0.6) is 11.5 Å². The first kappa shape index (κ1) is 18.6. The monoisotopic (exact) mass is 365 g/mol. The summed E-state index contributed by atoms with van der Waals surface area (Å²) in [4.78, 5) is 11.1. The average molecular weight is 365 g/mol. The standard InChI is InChI=1S/C17H19NO6S/c1-23-13-8-9-16(24-2)15(12-13)18(11-10-17(19)20)25(21,22)14-6-4-3-5-7-14/h3-9,12H,10-11H2,1-2H3,(H,19,20). The summed E-state index contributed by atoms with van der Waals surface area (Å²) in [6, 6.07) is 12.5. The van der Waals surface area contributed by atoms with Gasteiger partial charge in [0.2, 0.25) is 0 Å². The van der Waals surface area contributed by atoms with Gasteiger partial charge in [-0.1, -0.05) is 18.2 Å². The molecule has 134 valence electrons. The van der Waals surface area contributed by atoms with Crippen molar-refractivity contribution >= 4 is 21.7 Å². The first-order valence-electron chi connectivity index (χ1n) is 7.41. The number of sulfonamides is 1. The van der Waals surface area contributed by atoms with E-state index in [1.54, 1.807) is 30.3 Å². The maximum absolute atomic E-state index is 13.0. The molecule has 25 heavy (non-hydrogen) atoms. The Labute approximate surface area is 146 Å². The molecule has 0 aliphatic heterocycles. The van der Waals surface area contributed by atoms with Crippen molar-refractivity contribution in [1.82, 2.24) is 0 Å². The van der Waals surface area contributed by atoms with Crippen LogP contribution in [0.1, 0.15) is 6.42 Å². The largest absolute Gasteiger partial charge is 0.497 e. The Morgan fingerprint density at radius 1 is 1.08 bits per heavy atom. The zero-order valence-corrected chi connectivity index (χ0v) is 14.7. The van der Waals surface area contributed by atoms with Crippen molar-refractivity contribution in [2.24, 2.45) is 0 Å². The molecule has 2 aromatic rings. The van der Waals surface area contributed by atoms with Crippen molar-refractivity contribution in [3.05, 3.63) is 48.5 Å². The molecule has 0 aliphatic carbocycles. The smallest absolute Gasteiger partial charge is 0.305 e. The summed E-state index contributed by atoms with van der Waals surface area (Å²) in [5.41, 5.74) is 0.215. The van der Waals surface area contributed by atoms with Crippen LogP contribution in [0.3, 0.4) is 0 Å². The molecule has 0 aromatic heterocycles. The molecule has 2 rings (SSSR count). The lowest BCUT2D eigenvalue weighted by atomic mass is 10.2. The molecule has 0 saturated carbocycles. The number of benzene rings is 2. The number of aliphatic carboxylic acids is 1. The van der Waals surface area contributed by atoms with Gasteiger partial charge < -0.3 is 14.6 Å². The highest BCUT2D eigenvalue weighted by atomic mass is 32.2. The zero-order chi connectivity index (χ0) is 18.4. The molecule has 0 fully saturated rings. The van der Waals surface area contributed by atoms with Crippen molar-refractivity contribution in [3.63, 3.8) is 0 Å². The zero-order valence-electron chi connectivity index (χ0n) is 13.9. The molecule has 0 aliphatic rings. The minimum absolute atomic E-state index is 0.0604. The quantitative estimate of drug-likeness (QED) is 0.772. The van der Waals surface area contributed by atoms with Crippen LogP contribution in [0.15, 0.2) is 53.4 Å². The minimum atomic E-state index is -3.97. The Morgan fingerprint density at radius 2 is 1.76 bits per heavy atom. The Morgan fingerprint density at radius 3 is 2.32 bits per heavy atom. The van der Waals surface area contributed by atoms with Crippen molar-refractivity contribution in [1.29, 1.82) is 0 Å². The third-order valence-electron chi connectivity index (χ3n) is 3.51. The van der Waals surface area contributed by atoms with Crippen molar-refractivity contribution in [3.8, 4) is 11.5 Å². The fourth-order valence-electron chi connectivity index (χ4n) is 2.28. The maximum Gasteiger partial charge on any atom is 0.305 e. The summed E-state index contributed by atoms with van der Waals surface area (Å²) in [7, 11) is -1.10. The summed E-state index contributed by atoms with van der Waals surface area (Å²) in [5.74, 6) is -0.375. The van der Waals surface area contributed by atoms with Gasteiger partial charge in [0.15, 0.2) is 0 Å². The van der Waals surface area contributed by atoms with Crippen LogP contribution in [0.2, 0.25) is 0 Å². The van der Waals surface area contributed by atoms with Crippen molar-refractivity contribution < 1.29 is 27.8 Å². The number of carboxylic acid groups (broad SMARTS) is 1. The van der Waals surface area contributed by atoms with Crippen LogP contribution in [-0.4, -0.2) is 40.3 Å². The molecule has 2 aromatic carbocycles. The number of anilines is 1. The molecule has 0 saturated heterocycles. The second-order valence-corrected chi connectivity index (χ2v) is 6.93. The van der Waals surface area contributed by atoms with Crippen LogP contribution in [0.4, 0.5) is 5.69 Å². The molecule has 0 heterocycles. The van der Waals surface area contributed by atoms with Crippen LogP contribution in [-0.2, 0) is 14.8 Å². The minimum Gasteiger partial charge on any atom is -0.497 e. The van der Waals surface area contributed by atoms with Crippen LogP contribution in [0.25, 0.3) is 0 Å². The number of ether oxygens (including phenoxy) is 2. The van der Waals surface area contributed by atoms with Gasteiger partial charge in [0.25, 0.3) is 10.0 Å². The Bertz CT molecular complexity index is 835. The highest BCUT2D eigenvalue weighted by Crippen LogP contribution is 2.35. The third-order valence-corrected chi connectivity index (χ3v) is 5.34. The number of carboxylic acids is 1. The Hall–Kier alpha value is -2.74. The predicted octanol–water partition coefficient (Wildman–Crippen LogP) is 2.37. The third kappa shape index (κ3) is 4.21. The van der Waals surface area contributed by atoms with E-state index >= 15 is 0 Å². The van der Waals surface area contributed by atoms with Crippen molar-refractivity contribution in [2.45, 2.75) is 11.3 Å². The average Bonchev–Trinajstić information content (AvgIpc) is 2.62. The topological polar surface area (TPSA) is 93.1 Å². The van der Waals surface area contributed by atoms with E-state index < -0.39 is 16.0 Å². The maximum atomic E-state index is 13.0. The highest BCUT2D eigenvalue weighted by Gasteiger charge is 2.28. The normalized spacial score (nSPS) is 11.0. The van der Waals surface area contributed by atoms with E-state index in [1.807, 2.05) is 0 Å². The first-order valence-corrected chi connectivity index (χ1v) is 8.85. The molecule has 0 atom stereocenters. The van der Waals surface area contributed by atoms with Gasteiger partial charge in [-0.15, -0.1) is 0 Å². The SMILES string of the molecule is COc1ccc(OC)c(N(CCC(=O)O)S(=O)(=O)c2ccccc2)c1. The van der Waals surface area contributed by atoms with Gasteiger partial charge in [0.05, 0.1) is 31.2 Å². The second-order valence-electron chi connectivity index (χ2n) is 5.07. The lowest BCUT2D eigenvalue weighted by molar-refractivity contribution is -0.136. The van der Waals surface area contributed by atoms with Crippen LogP contribution >= 0.6 is 0 Å². The van der Waals surface area contributed by atoms with Gasteiger partial charge in [-0.05, 0) is 24.3 Å². The highest BCUT2D eigenvalue weighted by molar-refractivity contribution is 7.92. The number of carbonyl (C=O) groups is 1. The Balaban J connectivity index is 2.59. The van der Waals surface area contributed by atoms with E-state index in [2.05, 4.69) is 0 Å². The number of methoxy groups -OCH3 is 2. The molecule has 7 nitrogen and oxygen atoms in total. The van der Waals surface area contributed by atoms with Gasteiger partial charge in [-0.3, -0.25) is 9.10 Å². The fraction of sp³-hybridized carbons (Fsp3) is 0.235. The van der Waals surface area contributed by atoms with E-state index in [-0.39, 0.29) is 23.5 Å². The van der Waals surface area contributed by atoms with Crippen molar-refractivity contribution in [2.75, 3.05) is 25.1 Å². The summed E-state index contributed by atoms with van der Waals surface area (Å²) >= 11 is 0. The Kier molecular flexibility index (Phi) is 5.87. The molecular weight excluding hydrogens is 346 g/mol. The van der Waals surface area contributed by atoms with Gasteiger partial charge in [-0.25, -0.2) is 8.42 Å². The molecule has 0 spiro atoms. The molecular formula is C17H19NO6S. The van der Waals surface area contributed by atoms with Crippen LogP contribution < -0.4 is 13.8 Å². The molecule has 0 unspecified atom stereocenters. The first-order chi connectivity index (χ1) is 11.9. The molecule has 8 heteroatoms. The summed E-state index contributed by atoms with van der Waals surface area (Å²) in [6.45, 7) is -0.240. The van der Waals surface area contributed by atoms with Gasteiger partial charge in [0.1, 0.15) is 11.5 Å². The lowest BCUT2D eigenvalue weighted by Crippen LogP contribution is -2.33. The summed E-state index contributed by atoms with van der Waals surface area (Å²) in [6.07, 6.45) is -0.355. The molecule has 0 amide bonds. The number of rotatable bonds is 8. The van der Waals surface area contributed by atoms with Crippen LogP contribution in [0, 0.1) is 0 Å². The number of hydrogen-bond acceptors (Lipinski definition) is 5. The van der Waals surface area contributed by atoms with E-state index in [9.17, 15) is 13.2 Å². The molecule has 1 N–H and O–H groups in total.